The highest BCUT2D eigenvalue weighted by atomic mass is 16.5. The molecule has 1 aromatic rings. The van der Waals surface area contributed by atoms with E-state index < -0.39 is 0 Å². The lowest BCUT2D eigenvalue weighted by atomic mass is 10.2. The standard InChI is InChI=1S/C14H20N2O3/c1-4-15-7-8-16(10-14(15)17)12-6-5-11(18-2)9-13(12)19-3/h5-6,9H,4,7-8,10H2,1-3H3. The van der Waals surface area contributed by atoms with Gasteiger partial charge in [-0.2, -0.15) is 0 Å². The van der Waals surface area contributed by atoms with Gasteiger partial charge in [-0.1, -0.05) is 0 Å². The molecular formula is C14H20N2O3. The van der Waals surface area contributed by atoms with Crippen LogP contribution in [0, 0.1) is 0 Å². The molecule has 1 aliphatic heterocycles. The van der Waals surface area contributed by atoms with Crippen LogP contribution in [0.3, 0.4) is 0 Å². The topological polar surface area (TPSA) is 42.0 Å². The normalized spacial score (nSPS) is 15.6. The number of carbonyl (C=O) groups excluding carboxylic acids is 1. The molecule has 1 aromatic carbocycles. The van der Waals surface area contributed by atoms with Crippen molar-refractivity contribution in [2.24, 2.45) is 0 Å². The molecule has 0 atom stereocenters. The van der Waals surface area contributed by atoms with E-state index in [1.807, 2.05) is 34.9 Å². The molecule has 0 aromatic heterocycles. The minimum atomic E-state index is 0.159. The van der Waals surface area contributed by atoms with Gasteiger partial charge in [-0.15, -0.1) is 0 Å². The molecule has 5 heteroatoms. The maximum atomic E-state index is 12.0. The predicted molar refractivity (Wildman–Crippen MR) is 74.0 cm³/mol. The Morgan fingerprint density at radius 1 is 1.21 bits per heavy atom. The van der Waals surface area contributed by atoms with E-state index in [9.17, 15) is 4.79 Å². The molecule has 1 saturated heterocycles. The van der Waals surface area contributed by atoms with E-state index in [-0.39, 0.29) is 5.91 Å². The van der Waals surface area contributed by atoms with Crippen molar-refractivity contribution >= 4 is 11.6 Å². The van der Waals surface area contributed by atoms with Crippen molar-refractivity contribution in [1.29, 1.82) is 0 Å². The Morgan fingerprint density at radius 2 is 2.00 bits per heavy atom. The molecule has 0 saturated carbocycles. The van der Waals surface area contributed by atoms with E-state index in [0.717, 1.165) is 36.8 Å². The van der Waals surface area contributed by atoms with Crippen LogP contribution >= 0.6 is 0 Å². The first-order chi connectivity index (χ1) is 9.19. The van der Waals surface area contributed by atoms with Gasteiger partial charge < -0.3 is 19.3 Å². The summed E-state index contributed by atoms with van der Waals surface area (Å²) in [4.78, 5) is 15.9. The second-order valence-corrected chi connectivity index (χ2v) is 4.43. The fraction of sp³-hybridized carbons (Fsp3) is 0.500. The smallest absolute Gasteiger partial charge is 0.242 e. The molecule has 0 N–H and O–H groups in total. The number of benzene rings is 1. The SMILES string of the molecule is CCN1CCN(c2ccc(OC)cc2OC)CC1=O. The van der Waals surface area contributed by atoms with E-state index >= 15 is 0 Å². The van der Waals surface area contributed by atoms with Crippen molar-refractivity contribution in [2.45, 2.75) is 6.92 Å². The van der Waals surface area contributed by atoms with Gasteiger partial charge in [0, 0.05) is 25.7 Å². The summed E-state index contributed by atoms with van der Waals surface area (Å²) in [5.74, 6) is 1.64. The zero-order chi connectivity index (χ0) is 13.8. The third-order valence-electron chi connectivity index (χ3n) is 3.43. The van der Waals surface area contributed by atoms with Gasteiger partial charge in [-0.25, -0.2) is 0 Å². The van der Waals surface area contributed by atoms with E-state index in [1.54, 1.807) is 14.2 Å². The van der Waals surface area contributed by atoms with Gasteiger partial charge in [-0.05, 0) is 19.1 Å². The lowest BCUT2D eigenvalue weighted by molar-refractivity contribution is -0.130. The Balaban J connectivity index is 2.20. The van der Waals surface area contributed by atoms with Gasteiger partial charge in [0.15, 0.2) is 0 Å². The molecule has 1 aliphatic rings. The molecule has 0 unspecified atom stereocenters. The summed E-state index contributed by atoms with van der Waals surface area (Å²) in [6.45, 7) is 4.75. The summed E-state index contributed by atoms with van der Waals surface area (Å²) in [6, 6.07) is 5.66. The number of anilines is 1. The second kappa shape index (κ2) is 5.82. The monoisotopic (exact) mass is 264 g/mol. The van der Waals surface area contributed by atoms with E-state index in [1.165, 1.54) is 0 Å². The molecule has 1 amide bonds. The summed E-state index contributed by atoms with van der Waals surface area (Å²) in [7, 11) is 3.25. The Morgan fingerprint density at radius 3 is 2.58 bits per heavy atom. The van der Waals surface area contributed by atoms with Crippen molar-refractivity contribution in [3.05, 3.63) is 18.2 Å². The van der Waals surface area contributed by atoms with Gasteiger partial charge in [0.2, 0.25) is 5.91 Å². The molecular weight excluding hydrogens is 244 g/mol. The van der Waals surface area contributed by atoms with Crippen LogP contribution in [0.1, 0.15) is 6.92 Å². The van der Waals surface area contributed by atoms with Crippen LogP contribution in [0.15, 0.2) is 18.2 Å². The number of carbonyl (C=O) groups is 1. The quantitative estimate of drug-likeness (QED) is 0.824. The van der Waals surface area contributed by atoms with E-state index in [0.29, 0.717) is 6.54 Å². The number of amides is 1. The number of hydrogen-bond donors (Lipinski definition) is 0. The van der Waals surface area contributed by atoms with Crippen molar-refractivity contribution in [2.75, 3.05) is 45.3 Å². The molecule has 0 bridgehead atoms. The molecule has 0 spiro atoms. The highest BCUT2D eigenvalue weighted by Crippen LogP contribution is 2.32. The number of piperazine rings is 1. The number of hydrogen-bond acceptors (Lipinski definition) is 4. The Labute approximate surface area is 113 Å². The summed E-state index contributed by atoms with van der Waals surface area (Å²) in [6.07, 6.45) is 0. The predicted octanol–water partition coefficient (Wildman–Crippen LogP) is 1.37. The van der Waals surface area contributed by atoms with E-state index in [4.69, 9.17) is 9.47 Å². The Bertz CT molecular complexity index is 462. The van der Waals surface area contributed by atoms with Crippen molar-refractivity contribution in [3.63, 3.8) is 0 Å². The molecule has 0 radical (unpaired) electrons. The molecule has 0 aliphatic carbocycles. The second-order valence-electron chi connectivity index (χ2n) is 4.43. The zero-order valence-electron chi connectivity index (χ0n) is 11.7. The van der Waals surface area contributed by atoms with Gasteiger partial charge in [0.1, 0.15) is 11.5 Å². The van der Waals surface area contributed by atoms with Crippen LogP contribution in [-0.4, -0.2) is 51.2 Å². The number of ether oxygens (including phenoxy) is 2. The summed E-state index contributed by atoms with van der Waals surface area (Å²) in [5, 5.41) is 0. The van der Waals surface area contributed by atoms with Crippen LogP contribution in [0.25, 0.3) is 0 Å². The lowest BCUT2D eigenvalue weighted by Gasteiger charge is -2.35. The lowest BCUT2D eigenvalue weighted by Crippen LogP contribution is -2.50. The molecule has 19 heavy (non-hydrogen) atoms. The van der Waals surface area contributed by atoms with E-state index in [2.05, 4.69) is 0 Å². The average molecular weight is 264 g/mol. The third-order valence-corrected chi connectivity index (χ3v) is 3.43. The molecule has 104 valence electrons. The van der Waals surface area contributed by atoms with Crippen LogP contribution in [0.4, 0.5) is 5.69 Å². The van der Waals surface area contributed by atoms with Crippen LogP contribution < -0.4 is 14.4 Å². The number of rotatable bonds is 4. The van der Waals surface area contributed by atoms with Crippen molar-refractivity contribution in [1.82, 2.24) is 4.90 Å². The highest BCUT2D eigenvalue weighted by molar-refractivity contribution is 5.83. The number of nitrogens with zero attached hydrogens (tertiary/aromatic N) is 2. The summed E-state index contributed by atoms with van der Waals surface area (Å²) in [5.41, 5.74) is 0.937. The van der Waals surface area contributed by atoms with Gasteiger partial charge in [0.05, 0.1) is 26.5 Å². The Hall–Kier alpha value is -1.91. The number of methoxy groups -OCH3 is 2. The van der Waals surface area contributed by atoms with Gasteiger partial charge in [0.25, 0.3) is 0 Å². The number of likely N-dealkylation sites (N-methyl/N-ethyl adjacent to an activating group) is 1. The first kappa shape index (κ1) is 13.5. The third kappa shape index (κ3) is 2.75. The maximum Gasteiger partial charge on any atom is 0.242 e. The van der Waals surface area contributed by atoms with Crippen LogP contribution in [0.2, 0.25) is 0 Å². The largest absolute Gasteiger partial charge is 0.497 e. The van der Waals surface area contributed by atoms with Crippen LogP contribution in [0.5, 0.6) is 11.5 Å². The molecule has 2 rings (SSSR count). The molecule has 1 heterocycles. The van der Waals surface area contributed by atoms with Crippen molar-refractivity contribution in [3.8, 4) is 11.5 Å². The summed E-state index contributed by atoms with van der Waals surface area (Å²) >= 11 is 0. The summed E-state index contributed by atoms with van der Waals surface area (Å²) < 4.78 is 10.6. The van der Waals surface area contributed by atoms with Crippen LogP contribution in [-0.2, 0) is 4.79 Å². The first-order valence-corrected chi connectivity index (χ1v) is 6.44. The molecule has 5 nitrogen and oxygen atoms in total. The van der Waals surface area contributed by atoms with Gasteiger partial charge >= 0.3 is 0 Å². The fourth-order valence-electron chi connectivity index (χ4n) is 2.29. The molecule has 1 fully saturated rings. The fourth-order valence-corrected chi connectivity index (χ4v) is 2.29. The highest BCUT2D eigenvalue weighted by Gasteiger charge is 2.24. The van der Waals surface area contributed by atoms with Gasteiger partial charge in [-0.3, -0.25) is 4.79 Å². The zero-order valence-corrected chi connectivity index (χ0v) is 11.7. The Kier molecular flexibility index (Phi) is 4.14. The average Bonchev–Trinajstić information content (AvgIpc) is 2.46. The minimum absolute atomic E-state index is 0.159. The maximum absolute atomic E-state index is 12.0. The minimum Gasteiger partial charge on any atom is -0.497 e. The first-order valence-electron chi connectivity index (χ1n) is 6.44. The van der Waals surface area contributed by atoms with Crippen molar-refractivity contribution < 1.29 is 14.3 Å².